The highest BCUT2D eigenvalue weighted by Crippen LogP contribution is 2.27. The van der Waals surface area contributed by atoms with Crippen molar-refractivity contribution in [3.63, 3.8) is 0 Å². The first-order chi connectivity index (χ1) is 11.3. The van der Waals surface area contributed by atoms with Crippen LogP contribution in [0.15, 0.2) is 41.3 Å². The highest BCUT2D eigenvalue weighted by molar-refractivity contribution is 6.33. The summed E-state index contributed by atoms with van der Waals surface area (Å²) in [6.45, 7) is 2.49. The summed E-state index contributed by atoms with van der Waals surface area (Å²) in [5.74, 6) is 1.05. The Morgan fingerprint density at radius 3 is 3.00 bits per heavy atom. The normalized spacial score (nSPS) is 18.6. The molecule has 0 amide bonds. The van der Waals surface area contributed by atoms with Gasteiger partial charge in [0, 0.05) is 13.1 Å². The van der Waals surface area contributed by atoms with Crippen LogP contribution in [0.3, 0.4) is 0 Å². The average molecular weight is 331 g/mol. The molecule has 3 heterocycles. The molecule has 4 rings (SSSR count). The molecule has 1 fully saturated rings. The molecule has 1 aliphatic heterocycles. The Kier molecular flexibility index (Phi) is 3.80. The van der Waals surface area contributed by atoms with E-state index in [1.54, 1.807) is 12.7 Å². The minimum atomic E-state index is 0.350. The molecule has 118 valence electrons. The summed E-state index contributed by atoms with van der Waals surface area (Å²) in [4.78, 5) is 6.27. The lowest BCUT2D eigenvalue weighted by molar-refractivity contribution is 0.279. The SMILES string of the molecule is Clc1ccccc1-c1nnc(CN2CCC(n3cncn3)C2)o1. The average Bonchev–Trinajstić information content (AvgIpc) is 3.29. The summed E-state index contributed by atoms with van der Waals surface area (Å²) < 4.78 is 7.66. The summed E-state index contributed by atoms with van der Waals surface area (Å²) in [6.07, 6.45) is 4.36. The third-order valence-corrected chi connectivity index (χ3v) is 4.32. The summed E-state index contributed by atoms with van der Waals surface area (Å²) in [5, 5.41) is 13.0. The highest BCUT2D eigenvalue weighted by Gasteiger charge is 2.25. The van der Waals surface area contributed by atoms with Crippen LogP contribution in [-0.4, -0.2) is 43.0 Å². The molecule has 8 heteroatoms. The number of rotatable bonds is 4. The Morgan fingerprint density at radius 2 is 2.17 bits per heavy atom. The molecule has 0 saturated carbocycles. The molecule has 0 bridgehead atoms. The largest absolute Gasteiger partial charge is 0.419 e. The standard InChI is InChI=1S/C15H15ClN6O/c16-13-4-2-1-3-12(13)15-20-19-14(23-15)8-21-6-5-11(7-21)22-10-17-9-18-22/h1-4,9-11H,5-8H2. The molecule has 2 aromatic heterocycles. The van der Waals surface area contributed by atoms with Crippen LogP contribution in [-0.2, 0) is 6.54 Å². The molecule has 0 radical (unpaired) electrons. The zero-order valence-corrected chi connectivity index (χ0v) is 13.1. The van der Waals surface area contributed by atoms with Crippen molar-refractivity contribution >= 4 is 11.6 Å². The summed E-state index contributed by atoms with van der Waals surface area (Å²) >= 11 is 6.16. The van der Waals surface area contributed by atoms with E-state index in [2.05, 4.69) is 25.2 Å². The Labute approximate surface area is 137 Å². The fraction of sp³-hybridized carbons (Fsp3) is 0.333. The van der Waals surface area contributed by atoms with E-state index >= 15 is 0 Å². The van der Waals surface area contributed by atoms with E-state index in [0.717, 1.165) is 25.1 Å². The monoisotopic (exact) mass is 330 g/mol. The molecule has 1 aromatic carbocycles. The predicted molar refractivity (Wildman–Crippen MR) is 83.7 cm³/mol. The van der Waals surface area contributed by atoms with Gasteiger partial charge in [-0.2, -0.15) is 5.10 Å². The van der Waals surface area contributed by atoms with E-state index in [0.29, 0.717) is 29.4 Å². The third kappa shape index (κ3) is 2.97. The van der Waals surface area contributed by atoms with Crippen molar-refractivity contribution in [1.29, 1.82) is 0 Å². The van der Waals surface area contributed by atoms with E-state index in [1.165, 1.54) is 0 Å². The van der Waals surface area contributed by atoms with Gasteiger partial charge in [-0.05, 0) is 18.6 Å². The number of likely N-dealkylation sites (tertiary alicyclic amines) is 1. The van der Waals surface area contributed by atoms with E-state index in [9.17, 15) is 0 Å². The number of hydrogen-bond acceptors (Lipinski definition) is 6. The number of hydrogen-bond donors (Lipinski definition) is 0. The lowest BCUT2D eigenvalue weighted by Crippen LogP contribution is -2.21. The fourth-order valence-electron chi connectivity index (χ4n) is 2.83. The van der Waals surface area contributed by atoms with Gasteiger partial charge in [0.25, 0.3) is 0 Å². The molecular weight excluding hydrogens is 316 g/mol. The fourth-order valence-corrected chi connectivity index (χ4v) is 3.05. The smallest absolute Gasteiger partial charge is 0.249 e. The molecule has 1 atom stereocenters. The molecule has 1 unspecified atom stereocenters. The first-order valence-corrected chi connectivity index (χ1v) is 7.81. The predicted octanol–water partition coefficient (Wildman–Crippen LogP) is 2.43. The van der Waals surface area contributed by atoms with Crippen LogP contribution in [0.4, 0.5) is 0 Å². The van der Waals surface area contributed by atoms with Crippen molar-refractivity contribution < 1.29 is 4.42 Å². The minimum absolute atomic E-state index is 0.350. The van der Waals surface area contributed by atoms with Crippen molar-refractivity contribution in [2.24, 2.45) is 0 Å². The molecule has 1 saturated heterocycles. The second kappa shape index (κ2) is 6.10. The molecule has 0 N–H and O–H groups in total. The zero-order valence-electron chi connectivity index (χ0n) is 12.3. The molecular formula is C15H15ClN6O. The van der Waals surface area contributed by atoms with Gasteiger partial charge in [0.15, 0.2) is 0 Å². The molecule has 0 spiro atoms. The van der Waals surface area contributed by atoms with Gasteiger partial charge in [0.2, 0.25) is 11.8 Å². The number of nitrogens with zero attached hydrogens (tertiary/aromatic N) is 6. The Bertz CT molecular complexity index is 787. The van der Waals surface area contributed by atoms with E-state index in [1.807, 2.05) is 28.9 Å². The maximum Gasteiger partial charge on any atom is 0.249 e. The Balaban J connectivity index is 1.44. The van der Waals surface area contributed by atoms with Gasteiger partial charge in [0.05, 0.1) is 23.2 Å². The second-order valence-electron chi connectivity index (χ2n) is 5.53. The van der Waals surface area contributed by atoms with Crippen molar-refractivity contribution in [1.82, 2.24) is 29.9 Å². The van der Waals surface area contributed by atoms with Crippen molar-refractivity contribution in [2.75, 3.05) is 13.1 Å². The molecule has 0 aliphatic carbocycles. The quantitative estimate of drug-likeness (QED) is 0.731. The third-order valence-electron chi connectivity index (χ3n) is 3.99. The van der Waals surface area contributed by atoms with Gasteiger partial charge in [0.1, 0.15) is 12.7 Å². The maximum absolute atomic E-state index is 6.16. The molecule has 23 heavy (non-hydrogen) atoms. The summed E-state index contributed by atoms with van der Waals surface area (Å²) in [7, 11) is 0. The van der Waals surface area contributed by atoms with Crippen LogP contribution >= 0.6 is 11.6 Å². The zero-order chi connectivity index (χ0) is 15.6. The van der Waals surface area contributed by atoms with Gasteiger partial charge in [-0.25, -0.2) is 9.67 Å². The van der Waals surface area contributed by atoms with Gasteiger partial charge in [-0.1, -0.05) is 23.7 Å². The van der Waals surface area contributed by atoms with E-state index < -0.39 is 0 Å². The summed E-state index contributed by atoms with van der Waals surface area (Å²) in [6, 6.07) is 7.80. The number of aromatic nitrogens is 5. The summed E-state index contributed by atoms with van der Waals surface area (Å²) in [5.41, 5.74) is 0.759. The number of halogens is 1. The van der Waals surface area contributed by atoms with Crippen LogP contribution in [0.1, 0.15) is 18.4 Å². The van der Waals surface area contributed by atoms with Gasteiger partial charge >= 0.3 is 0 Å². The van der Waals surface area contributed by atoms with Gasteiger partial charge in [-0.15, -0.1) is 10.2 Å². The maximum atomic E-state index is 6.16. The van der Waals surface area contributed by atoms with Crippen molar-refractivity contribution in [3.8, 4) is 11.5 Å². The highest BCUT2D eigenvalue weighted by atomic mass is 35.5. The lowest BCUT2D eigenvalue weighted by Gasteiger charge is -2.13. The molecule has 3 aromatic rings. The van der Waals surface area contributed by atoms with Gasteiger partial charge < -0.3 is 4.42 Å². The van der Waals surface area contributed by atoms with Crippen molar-refractivity contribution in [2.45, 2.75) is 19.0 Å². The molecule has 7 nitrogen and oxygen atoms in total. The van der Waals surface area contributed by atoms with Crippen LogP contribution in [0.25, 0.3) is 11.5 Å². The lowest BCUT2D eigenvalue weighted by atomic mass is 10.2. The number of benzene rings is 1. The van der Waals surface area contributed by atoms with Crippen LogP contribution in [0.5, 0.6) is 0 Å². The van der Waals surface area contributed by atoms with Crippen molar-refractivity contribution in [3.05, 3.63) is 47.8 Å². The second-order valence-corrected chi connectivity index (χ2v) is 5.94. The van der Waals surface area contributed by atoms with Gasteiger partial charge in [-0.3, -0.25) is 4.90 Å². The first-order valence-electron chi connectivity index (χ1n) is 7.43. The topological polar surface area (TPSA) is 72.9 Å². The Hall–Kier alpha value is -2.25. The van der Waals surface area contributed by atoms with E-state index in [-0.39, 0.29) is 0 Å². The molecule has 1 aliphatic rings. The van der Waals surface area contributed by atoms with Crippen LogP contribution in [0, 0.1) is 0 Å². The minimum Gasteiger partial charge on any atom is -0.419 e. The first kappa shape index (κ1) is 14.3. The van der Waals surface area contributed by atoms with Crippen LogP contribution in [0.2, 0.25) is 5.02 Å². The van der Waals surface area contributed by atoms with E-state index in [4.69, 9.17) is 16.0 Å². The Morgan fingerprint density at radius 1 is 1.26 bits per heavy atom. The van der Waals surface area contributed by atoms with Crippen LogP contribution < -0.4 is 0 Å².